The molecule has 0 radical (unpaired) electrons. The van der Waals surface area contributed by atoms with Gasteiger partial charge in [0.05, 0.1) is 6.61 Å². The van der Waals surface area contributed by atoms with E-state index in [1.807, 2.05) is 0 Å². The van der Waals surface area contributed by atoms with Crippen molar-refractivity contribution in [2.24, 2.45) is 0 Å². The number of carbonyl (C=O) groups is 2. The third kappa shape index (κ3) is 4.63. The number of halogens is 2. The van der Waals surface area contributed by atoms with Gasteiger partial charge in [-0.1, -0.05) is 13.2 Å². The van der Waals surface area contributed by atoms with Gasteiger partial charge in [-0.15, -0.1) is 0 Å². The quantitative estimate of drug-likeness (QED) is 0.312. The summed E-state index contributed by atoms with van der Waals surface area (Å²) in [5, 5.41) is 18.6. The van der Waals surface area contributed by atoms with Crippen molar-refractivity contribution in [3.63, 3.8) is 0 Å². The number of hydrogen-bond acceptors (Lipinski definition) is 6. The molecule has 0 aromatic carbocycles. The SMILES string of the molecule is C=CC(=O)O/C(O)=C(/Br)C(Br)(CO)OC(=O)C=C. The standard InChI is InChI=1S/C10H10Br2O6/c1-3-6(14)17-9(16)8(11)10(12,5-13)18-7(15)4-2/h3-4,13,16H,1-2,5H2/b9-8+. The van der Waals surface area contributed by atoms with Gasteiger partial charge in [0.1, 0.15) is 4.48 Å². The summed E-state index contributed by atoms with van der Waals surface area (Å²) in [6, 6.07) is 0. The highest BCUT2D eigenvalue weighted by Gasteiger charge is 2.37. The molecule has 1 atom stereocenters. The number of carbonyl (C=O) groups excluding carboxylic acids is 2. The molecule has 0 aromatic heterocycles. The van der Waals surface area contributed by atoms with Crippen molar-refractivity contribution < 1.29 is 29.3 Å². The molecule has 0 aliphatic carbocycles. The molecule has 0 fully saturated rings. The maximum absolute atomic E-state index is 11.1. The fraction of sp³-hybridized carbons (Fsp3) is 0.200. The Morgan fingerprint density at radius 3 is 2.17 bits per heavy atom. The summed E-state index contributed by atoms with van der Waals surface area (Å²) in [7, 11) is 0. The summed E-state index contributed by atoms with van der Waals surface area (Å²) in [4.78, 5) is 21.9. The van der Waals surface area contributed by atoms with E-state index in [0.717, 1.165) is 12.2 Å². The zero-order valence-electron chi connectivity index (χ0n) is 9.06. The van der Waals surface area contributed by atoms with E-state index in [0.29, 0.717) is 0 Å². The first kappa shape index (κ1) is 16.9. The number of esters is 2. The minimum Gasteiger partial charge on any atom is -0.480 e. The Labute approximate surface area is 120 Å². The van der Waals surface area contributed by atoms with Gasteiger partial charge in [0.15, 0.2) is 0 Å². The van der Waals surface area contributed by atoms with Crippen LogP contribution in [0, 0.1) is 0 Å². The number of ether oxygens (including phenoxy) is 2. The van der Waals surface area contributed by atoms with Gasteiger partial charge in [0.2, 0.25) is 4.51 Å². The predicted octanol–water partition coefficient (Wildman–Crippen LogP) is 1.65. The Balaban J connectivity index is 5.18. The molecule has 6 nitrogen and oxygen atoms in total. The minimum atomic E-state index is -1.79. The molecule has 1 unspecified atom stereocenters. The molecule has 0 aliphatic rings. The molecule has 0 rings (SSSR count). The maximum atomic E-state index is 11.1. The van der Waals surface area contributed by atoms with Gasteiger partial charge in [0, 0.05) is 12.2 Å². The maximum Gasteiger partial charge on any atom is 0.337 e. The van der Waals surface area contributed by atoms with Crippen molar-refractivity contribution in [1.82, 2.24) is 0 Å². The van der Waals surface area contributed by atoms with Crippen LogP contribution in [0.1, 0.15) is 0 Å². The van der Waals surface area contributed by atoms with Crippen LogP contribution in [0.15, 0.2) is 35.7 Å². The van der Waals surface area contributed by atoms with Crippen molar-refractivity contribution in [3.05, 3.63) is 35.7 Å². The van der Waals surface area contributed by atoms with Crippen LogP contribution in [0.3, 0.4) is 0 Å². The second-order valence-electron chi connectivity index (χ2n) is 2.76. The highest BCUT2D eigenvalue weighted by atomic mass is 79.9. The number of alkyl halides is 1. The molecule has 0 saturated heterocycles. The van der Waals surface area contributed by atoms with E-state index in [1.165, 1.54) is 0 Å². The van der Waals surface area contributed by atoms with Crippen LogP contribution in [0.5, 0.6) is 0 Å². The summed E-state index contributed by atoms with van der Waals surface area (Å²) < 4.78 is 7.08. The van der Waals surface area contributed by atoms with Gasteiger partial charge in [-0.05, 0) is 31.9 Å². The lowest BCUT2D eigenvalue weighted by molar-refractivity contribution is -0.144. The molecule has 100 valence electrons. The summed E-state index contributed by atoms with van der Waals surface area (Å²) in [6.45, 7) is 5.58. The van der Waals surface area contributed by atoms with Gasteiger partial charge >= 0.3 is 17.9 Å². The first-order chi connectivity index (χ1) is 8.30. The lowest BCUT2D eigenvalue weighted by atomic mass is 10.3. The third-order valence-corrected chi connectivity index (χ3v) is 3.83. The average Bonchev–Trinajstić information content (AvgIpc) is 2.36. The number of rotatable bonds is 6. The third-order valence-electron chi connectivity index (χ3n) is 1.51. The smallest absolute Gasteiger partial charge is 0.337 e. The van der Waals surface area contributed by atoms with Gasteiger partial charge in [-0.25, -0.2) is 9.59 Å². The lowest BCUT2D eigenvalue weighted by Gasteiger charge is -2.24. The van der Waals surface area contributed by atoms with Crippen LogP contribution in [-0.2, 0) is 19.1 Å². The summed E-state index contributed by atoms with van der Waals surface area (Å²) in [5.74, 6) is -2.67. The van der Waals surface area contributed by atoms with Gasteiger partial charge in [0.25, 0.3) is 0 Å². The van der Waals surface area contributed by atoms with E-state index in [-0.39, 0.29) is 4.48 Å². The Kier molecular flexibility index (Phi) is 6.89. The van der Waals surface area contributed by atoms with E-state index in [4.69, 9.17) is 9.84 Å². The van der Waals surface area contributed by atoms with Crippen molar-refractivity contribution in [2.45, 2.75) is 4.51 Å². The van der Waals surface area contributed by atoms with E-state index in [1.54, 1.807) is 0 Å². The second kappa shape index (κ2) is 7.34. The van der Waals surface area contributed by atoms with Crippen LogP contribution < -0.4 is 0 Å². The molecule has 0 heterocycles. The van der Waals surface area contributed by atoms with Gasteiger partial charge in [-0.3, -0.25) is 0 Å². The number of aliphatic hydroxyl groups is 2. The molecule has 0 amide bonds. The molecule has 2 N–H and O–H groups in total. The molecule has 0 bridgehead atoms. The van der Waals surface area contributed by atoms with E-state index < -0.39 is 29.0 Å². The number of aliphatic hydroxyl groups excluding tert-OH is 2. The normalized spacial score (nSPS) is 14.8. The topological polar surface area (TPSA) is 93.1 Å². The molecular weight excluding hydrogens is 376 g/mol. The van der Waals surface area contributed by atoms with Crippen LogP contribution in [0.4, 0.5) is 0 Å². The summed E-state index contributed by atoms with van der Waals surface area (Å²) in [6.07, 6.45) is 1.68. The molecule has 0 aliphatic heterocycles. The molecule has 0 aromatic rings. The highest BCUT2D eigenvalue weighted by Crippen LogP contribution is 2.35. The molecule has 0 spiro atoms. The molecule has 8 heteroatoms. The molecular formula is C10H10Br2O6. The Morgan fingerprint density at radius 2 is 1.78 bits per heavy atom. The van der Waals surface area contributed by atoms with E-state index in [2.05, 4.69) is 49.8 Å². The van der Waals surface area contributed by atoms with E-state index in [9.17, 15) is 14.7 Å². The van der Waals surface area contributed by atoms with Crippen LogP contribution >= 0.6 is 31.9 Å². The monoisotopic (exact) mass is 384 g/mol. The Morgan fingerprint density at radius 1 is 1.28 bits per heavy atom. The fourth-order valence-corrected chi connectivity index (χ4v) is 1.31. The van der Waals surface area contributed by atoms with Crippen LogP contribution in [0.25, 0.3) is 0 Å². The highest BCUT2D eigenvalue weighted by molar-refractivity contribution is 9.14. The fourth-order valence-electron chi connectivity index (χ4n) is 0.689. The Hall–Kier alpha value is -1.12. The summed E-state index contributed by atoms with van der Waals surface area (Å²) >= 11 is 5.72. The first-order valence-corrected chi connectivity index (χ1v) is 5.98. The second-order valence-corrected chi connectivity index (χ2v) is 4.83. The largest absolute Gasteiger partial charge is 0.480 e. The van der Waals surface area contributed by atoms with Crippen molar-refractivity contribution in [1.29, 1.82) is 0 Å². The lowest BCUT2D eigenvalue weighted by Crippen LogP contribution is -2.33. The van der Waals surface area contributed by atoms with E-state index >= 15 is 0 Å². The molecule has 18 heavy (non-hydrogen) atoms. The average molecular weight is 386 g/mol. The van der Waals surface area contributed by atoms with Crippen molar-refractivity contribution in [2.75, 3.05) is 6.61 Å². The van der Waals surface area contributed by atoms with Gasteiger partial charge in [-0.2, -0.15) is 0 Å². The number of hydrogen-bond donors (Lipinski definition) is 2. The zero-order valence-corrected chi connectivity index (χ0v) is 12.2. The van der Waals surface area contributed by atoms with Crippen molar-refractivity contribution in [3.8, 4) is 0 Å². The Bertz CT molecular complexity index is 403. The van der Waals surface area contributed by atoms with Crippen LogP contribution in [-0.4, -0.2) is 33.3 Å². The van der Waals surface area contributed by atoms with Gasteiger partial charge < -0.3 is 19.7 Å². The zero-order chi connectivity index (χ0) is 14.3. The van der Waals surface area contributed by atoms with Crippen molar-refractivity contribution >= 4 is 43.8 Å². The molecule has 0 saturated carbocycles. The predicted molar refractivity (Wildman–Crippen MR) is 69.9 cm³/mol. The minimum absolute atomic E-state index is 0.289. The first-order valence-electron chi connectivity index (χ1n) is 4.39. The van der Waals surface area contributed by atoms with Crippen LogP contribution in [0.2, 0.25) is 0 Å². The summed E-state index contributed by atoms with van der Waals surface area (Å²) in [5.41, 5.74) is 0.